The molecule has 7 heteroatoms. The number of nitrogens with zero attached hydrogens (tertiary/aromatic N) is 3. The van der Waals surface area contributed by atoms with Gasteiger partial charge in [-0.15, -0.1) is 5.10 Å². The third-order valence-electron chi connectivity index (χ3n) is 2.89. The minimum absolute atomic E-state index is 0.0823. The first-order valence-electron chi connectivity index (χ1n) is 5.97. The van der Waals surface area contributed by atoms with Crippen molar-refractivity contribution in [2.24, 2.45) is 0 Å². The van der Waals surface area contributed by atoms with E-state index in [-0.39, 0.29) is 11.5 Å². The second-order valence-corrected chi connectivity index (χ2v) is 4.84. The fourth-order valence-corrected chi connectivity index (χ4v) is 2.54. The maximum atomic E-state index is 12.4. The van der Waals surface area contributed by atoms with Gasteiger partial charge in [0.15, 0.2) is 0 Å². The molecule has 2 aromatic rings. The Hall–Kier alpha value is -2.28. The molecule has 1 aromatic heterocycles. The zero-order valence-corrected chi connectivity index (χ0v) is 11.8. The highest BCUT2D eigenvalue weighted by Crippen LogP contribution is 2.23. The Balaban J connectivity index is 2.39. The van der Waals surface area contributed by atoms with Crippen LogP contribution in [0.4, 0.5) is 5.69 Å². The molecule has 0 saturated heterocycles. The normalized spacial score (nSPS) is 10.3. The number of hydrogen-bond acceptors (Lipinski definition) is 5. The van der Waals surface area contributed by atoms with Crippen molar-refractivity contribution < 1.29 is 14.7 Å². The summed E-state index contributed by atoms with van der Waals surface area (Å²) in [5, 5.41) is 13.1. The molecule has 104 valence electrons. The predicted octanol–water partition coefficient (Wildman–Crippen LogP) is 2.08. The Kier molecular flexibility index (Phi) is 4.09. The molecule has 0 spiro atoms. The van der Waals surface area contributed by atoms with Crippen LogP contribution in [-0.2, 0) is 6.42 Å². The summed E-state index contributed by atoms with van der Waals surface area (Å²) in [4.78, 5) is 25.4. The highest BCUT2D eigenvalue weighted by atomic mass is 32.1. The van der Waals surface area contributed by atoms with E-state index in [4.69, 9.17) is 5.11 Å². The summed E-state index contributed by atoms with van der Waals surface area (Å²) in [5.74, 6) is -1.37. The first-order chi connectivity index (χ1) is 9.56. The topological polar surface area (TPSA) is 83.4 Å². The van der Waals surface area contributed by atoms with Crippen molar-refractivity contribution in [3.63, 3.8) is 0 Å². The lowest BCUT2D eigenvalue weighted by Gasteiger charge is -2.18. The first-order valence-corrected chi connectivity index (χ1v) is 6.75. The number of amides is 1. The van der Waals surface area contributed by atoms with E-state index in [0.717, 1.165) is 11.5 Å². The number of anilines is 1. The lowest BCUT2D eigenvalue weighted by atomic mass is 10.1. The van der Waals surface area contributed by atoms with Gasteiger partial charge in [0.1, 0.15) is 4.88 Å². The number of carbonyl (C=O) groups excluding carboxylic acids is 1. The van der Waals surface area contributed by atoms with Gasteiger partial charge in [0.25, 0.3) is 5.91 Å². The molecule has 0 fully saturated rings. The zero-order valence-electron chi connectivity index (χ0n) is 11.0. The van der Waals surface area contributed by atoms with Crippen LogP contribution in [0.15, 0.2) is 24.3 Å². The number of carboxylic acids is 1. The Morgan fingerprint density at radius 1 is 1.35 bits per heavy atom. The van der Waals surface area contributed by atoms with Gasteiger partial charge in [-0.25, -0.2) is 4.79 Å². The van der Waals surface area contributed by atoms with Gasteiger partial charge >= 0.3 is 5.97 Å². The van der Waals surface area contributed by atoms with Crippen molar-refractivity contribution in [1.82, 2.24) is 9.59 Å². The molecule has 0 aliphatic carbocycles. The monoisotopic (exact) mass is 291 g/mol. The molecule has 20 heavy (non-hydrogen) atoms. The summed E-state index contributed by atoms with van der Waals surface area (Å²) in [6, 6.07) is 6.38. The quantitative estimate of drug-likeness (QED) is 0.932. The summed E-state index contributed by atoms with van der Waals surface area (Å²) < 4.78 is 3.78. The van der Waals surface area contributed by atoms with Crippen molar-refractivity contribution in [2.75, 3.05) is 11.9 Å². The lowest BCUT2D eigenvalue weighted by Crippen LogP contribution is -2.28. The van der Waals surface area contributed by atoms with E-state index in [2.05, 4.69) is 9.59 Å². The van der Waals surface area contributed by atoms with Crippen molar-refractivity contribution >= 4 is 29.1 Å². The lowest BCUT2D eigenvalue weighted by molar-refractivity contribution is 0.0697. The molecule has 1 amide bonds. The van der Waals surface area contributed by atoms with Crippen LogP contribution in [0.3, 0.4) is 0 Å². The van der Waals surface area contributed by atoms with Gasteiger partial charge in [0.05, 0.1) is 16.9 Å². The Labute approximate surface area is 119 Å². The number of aromatic carboxylic acids is 1. The van der Waals surface area contributed by atoms with E-state index >= 15 is 0 Å². The van der Waals surface area contributed by atoms with E-state index in [1.807, 2.05) is 6.92 Å². The molecule has 0 radical (unpaired) electrons. The molecule has 1 aromatic carbocycles. The minimum Gasteiger partial charge on any atom is -0.478 e. The Morgan fingerprint density at radius 2 is 2.05 bits per heavy atom. The molecule has 0 aliphatic rings. The smallest absolute Gasteiger partial charge is 0.337 e. The van der Waals surface area contributed by atoms with E-state index in [1.165, 1.54) is 11.0 Å². The van der Waals surface area contributed by atoms with Crippen LogP contribution in [-0.4, -0.2) is 33.6 Å². The van der Waals surface area contributed by atoms with Crippen LogP contribution in [0.25, 0.3) is 0 Å². The Morgan fingerprint density at radius 3 is 2.70 bits per heavy atom. The molecular formula is C13H13N3O3S. The van der Waals surface area contributed by atoms with Crippen LogP contribution in [0, 0.1) is 0 Å². The van der Waals surface area contributed by atoms with E-state index in [9.17, 15) is 9.59 Å². The van der Waals surface area contributed by atoms with Crippen LogP contribution in [0.1, 0.15) is 32.6 Å². The highest BCUT2D eigenvalue weighted by Gasteiger charge is 2.23. The number of aromatic nitrogens is 2. The molecule has 0 aliphatic heterocycles. The molecule has 2 rings (SSSR count). The summed E-state index contributed by atoms with van der Waals surface area (Å²) in [7, 11) is 1.54. The second kappa shape index (κ2) is 5.79. The van der Waals surface area contributed by atoms with Gasteiger partial charge < -0.3 is 10.0 Å². The number of aryl methyl sites for hydroxylation is 1. The molecule has 0 unspecified atom stereocenters. The second-order valence-electron chi connectivity index (χ2n) is 4.09. The largest absolute Gasteiger partial charge is 0.478 e. The van der Waals surface area contributed by atoms with Gasteiger partial charge in [-0.1, -0.05) is 23.5 Å². The van der Waals surface area contributed by atoms with E-state index < -0.39 is 5.97 Å². The summed E-state index contributed by atoms with van der Waals surface area (Å²) in [6.07, 6.45) is 0.603. The number of carbonyl (C=O) groups is 2. The van der Waals surface area contributed by atoms with Crippen molar-refractivity contribution in [1.29, 1.82) is 0 Å². The van der Waals surface area contributed by atoms with E-state index in [0.29, 0.717) is 22.7 Å². The number of benzene rings is 1. The summed E-state index contributed by atoms with van der Waals surface area (Å²) in [6.45, 7) is 1.89. The molecule has 1 heterocycles. The van der Waals surface area contributed by atoms with Crippen molar-refractivity contribution in [3.05, 3.63) is 40.4 Å². The average molecular weight is 291 g/mol. The van der Waals surface area contributed by atoms with Gasteiger partial charge in [-0.05, 0) is 30.1 Å². The maximum Gasteiger partial charge on any atom is 0.337 e. The standard InChI is InChI=1S/C13H13N3O3S/c1-3-9-11(20-15-14-9)12(17)16(2)10-7-5-4-6-8(10)13(18)19/h4-7H,3H2,1-2H3,(H,18,19). The number of hydrogen-bond donors (Lipinski definition) is 1. The number of carboxylic acid groups (broad SMARTS) is 1. The van der Waals surface area contributed by atoms with Gasteiger partial charge in [0.2, 0.25) is 0 Å². The molecule has 0 bridgehead atoms. The van der Waals surface area contributed by atoms with Crippen LogP contribution in [0.2, 0.25) is 0 Å². The van der Waals surface area contributed by atoms with E-state index in [1.54, 1.807) is 25.2 Å². The van der Waals surface area contributed by atoms with Crippen molar-refractivity contribution in [2.45, 2.75) is 13.3 Å². The molecular weight excluding hydrogens is 278 g/mol. The third kappa shape index (κ3) is 2.53. The highest BCUT2D eigenvalue weighted by molar-refractivity contribution is 7.08. The van der Waals surface area contributed by atoms with Crippen molar-refractivity contribution in [3.8, 4) is 0 Å². The maximum absolute atomic E-state index is 12.4. The molecule has 1 N–H and O–H groups in total. The molecule has 0 atom stereocenters. The zero-order chi connectivity index (χ0) is 14.7. The summed E-state index contributed by atoms with van der Waals surface area (Å²) in [5.41, 5.74) is 1.05. The number of rotatable bonds is 4. The van der Waals surface area contributed by atoms with Gasteiger partial charge in [-0.3, -0.25) is 4.79 Å². The minimum atomic E-state index is -1.07. The van der Waals surface area contributed by atoms with Crippen LogP contribution >= 0.6 is 11.5 Å². The molecule has 6 nitrogen and oxygen atoms in total. The first kappa shape index (κ1) is 14.1. The average Bonchev–Trinajstić information content (AvgIpc) is 2.94. The summed E-state index contributed by atoms with van der Waals surface area (Å²) >= 11 is 1.02. The molecule has 0 saturated carbocycles. The number of para-hydroxylation sites is 1. The third-order valence-corrected chi connectivity index (χ3v) is 3.64. The van der Waals surface area contributed by atoms with Gasteiger partial charge in [0, 0.05) is 7.05 Å². The fourth-order valence-electron chi connectivity index (χ4n) is 1.81. The van der Waals surface area contributed by atoms with Crippen LogP contribution in [0.5, 0.6) is 0 Å². The van der Waals surface area contributed by atoms with Gasteiger partial charge in [-0.2, -0.15) is 0 Å². The fraction of sp³-hybridized carbons (Fsp3) is 0.231. The Bertz CT molecular complexity index is 654. The van der Waals surface area contributed by atoms with Crippen LogP contribution < -0.4 is 4.90 Å². The SMILES string of the molecule is CCc1nnsc1C(=O)N(C)c1ccccc1C(=O)O. The predicted molar refractivity (Wildman–Crippen MR) is 75.4 cm³/mol.